The Morgan fingerprint density at radius 2 is 1.61 bits per heavy atom. The Morgan fingerprint density at radius 1 is 0.861 bits per heavy atom. The number of para-hydroxylation sites is 1. The van der Waals surface area contributed by atoms with Crippen LogP contribution in [0.5, 0.6) is 0 Å². The largest absolute Gasteiger partial charge is 0.447 e. The van der Waals surface area contributed by atoms with Crippen LogP contribution in [0.3, 0.4) is 0 Å². The minimum Gasteiger partial charge on any atom is -0.447 e. The highest BCUT2D eigenvalue weighted by molar-refractivity contribution is 5.96. The number of benzene rings is 3. The Kier molecular flexibility index (Phi) is 5.68. The zero-order valence-electron chi connectivity index (χ0n) is 19.4. The van der Waals surface area contributed by atoms with Crippen LogP contribution in [0.4, 0.5) is 4.79 Å². The SMILES string of the molecule is O=C1OC[C@@H](c2ccccc2)N1C(=Cc1nc(-c2ccccc2)nc2ccccc12)c1cccnc1. The van der Waals surface area contributed by atoms with E-state index < -0.39 is 6.09 Å². The van der Waals surface area contributed by atoms with Gasteiger partial charge in [0.1, 0.15) is 6.61 Å². The summed E-state index contributed by atoms with van der Waals surface area (Å²) in [5, 5.41) is 0.891. The topological polar surface area (TPSA) is 68.2 Å². The molecule has 2 aromatic heterocycles. The van der Waals surface area contributed by atoms with Crippen molar-refractivity contribution in [2.75, 3.05) is 6.61 Å². The summed E-state index contributed by atoms with van der Waals surface area (Å²) >= 11 is 0. The Bertz CT molecular complexity index is 1550. The molecule has 6 heteroatoms. The molecule has 3 heterocycles. The molecule has 6 rings (SSSR count). The molecule has 6 nitrogen and oxygen atoms in total. The third-order valence-corrected chi connectivity index (χ3v) is 6.21. The van der Waals surface area contributed by atoms with Gasteiger partial charge in [-0.2, -0.15) is 0 Å². The molecule has 36 heavy (non-hydrogen) atoms. The number of ether oxygens (including phenoxy) is 1. The van der Waals surface area contributed by atoms with Gasteiger partial charge >= 0.3 is 6.09 Å². The molecule has 0 radical (unpaired) electrons. The Morgan fingerprint density at radius 3 is 2.39 bits per heavy atom. The highest BCUT2D eigenvalue weighted by Crippen LogP contribution is 2.37. The first kappa shape index (κ1) is 21.7. The lowest BCUT2D eigenvalue weighted by Gasteiger charge is -2.25. The van der Waals surface area contributed by atoms with E-state index in [2.05, 4.69) is 4.98 Å². The Hall–Kier alpha value is -4.84. The van der Waals surface area contributed by atoms with Gasteiger partial charge in [-0.05, 0) is 29.8 Å². The Balaban J connectivity index is 1.57. The van der Waals surface area contributed by atoms with Crippen molar-refractivity contribution in [3.05, 3.63) is 126 Å². The number of carbonyl (C=O) groups excluding carboxylic acids is 1. The molecule has 0 N–H and O–H groups in total. The molecule has 1 saturated heterocycles. The lowest BCUT2D eigenvalue weighted by atomic mass is 10.0. The molecule has 0 unspecified atom stereocenters. The van der Waals surface area contributed by atoms with Gasteiger partial charge < -0.3 is 4.74 Å². The average molecular weight is 471 g/mol. The molecule has 3 aromatic carbocycles. The zero-order valence-corrected chi connectivity index (χ0v) is 19.4. The third kappa shape index (κ3) is 4.09. The van der Waals surface area contributed by atoms with E-state index in [1.54, 1.807) is 17.3 Å². The third-order valence-electron chi connectivity index (χ3n) is 6.21. The van der Waals surface area contributed by atoms with E-state index in [1.165, 1.54) is 0 Å². The predicted molar refractivity (Wildman–Crippen MR) is 139 cm³/mol. The van der Waals surface area contributed by atoms with Crippen LogP contribution in [0.25, 0.3) is 34.1 Å². The lowest BCUT2D eigenvalue weighted by molar-refractivity contribution is 0.167. The fraction of sp³-hybridized carbons (Fsp3) is 0.0667. The first-order valence-corrected chi connectivity index (χ1v) is 11.7. The highest BCUT2D eigenvalue weighted by Gasteiger charge is 2.37. The van der Waals surface area contributed by atoms with Crippen molar-refractivity contribution >= 4 is 28.8 Å². The van der Waals surface area contributed by atoms with Crippen molar-refractivity contribution in [2.45, 2.75) is 6.04 Å². The van der Waals surface area contributed by atoms with Crippen LogP contribution in [0.2, 0.25) is 0 Å². The zero-order chi connectivity index (χ0) is 24.3. The minimum absolute atomic E-state index is 0.264. The van der Waals surface area contributed by atoms with Gasteiger partial charge in [-0.3, -0.25) is 9.88 Å². The maximum atomic E-state index is 13.1. The van der Waals surface area contributed by atoms with Crippen LogP contribution in [-0.4, -0.2) is 32.6 Å². The summed E-state index contributed by atoms with van der Waals surface area (Å²) in [4.78, 5) is 28.9. The summed E-state index contributed by atoms with van der Waals surface area (Å²) in [5.41, 5.74) is 4.92. The van der Waals surface area contributed by atoms with Gasteiger partial charge in [-0.1, -0.05) is 78.9 Å². The maximum Gasteiger partial charge on any atom is 0.415 e. The van der Waals surface area contributed by atoms with E-state index in [-0.39, 0.29) is 12.6 Å². The predicted octanol–water partition coefficient (Wildman–Crippen LogP) is 6.38. The van der Waals surface area contributed by atoms with E-state index in [4.69, 9.17) is 14.7 Å². The summed E-state index contributed by atoms with van der Waals surface area (Å²) in [5.74, 6) is 0.620. The summed E-state index contributed by atoms with van der Waals surface area (Å²) in [6.45, 7) is 0.264. The van der Waals surface area contributed by atoms with Crippen LogP contribution in [0, 0.1) is 0 Å². The van der Waals surface area contributed by atoms with Crippen molar-refractivity contribution < 1.29 is 9.53 Å². The standard InChI is InChI=1S/C30H22N4O2/c35-30-34(28(20-36-30)21-10-3-1-4-11-21)27(23-14-9-17-31-19-23)18-26-24-15-7-8-16-25(24)32-29(33-26)22-12-5-2-6-13-22/h1-19,28H,20H2/t28-/m0/s1. The van der Waals surface area contributed by atoms with E-state index in [9.17, 15) is 4.79 Å². The second-order valence-electron chi connectivity index (χ2n) is 8.46. The van der Waals surface area contributed by atoms with Crippen LogP contribution in [0.1, 0.15) is 22.9 Å². The number of nitrogens with zero attached hydrogens (tertiary/aromatic N) is 4. The van der Waals surface area contributed by atoms with Gasteiger partial charge in [-0.25, -0.2) is 14.8 Å². The molecular weight excluding hydrogens is 448 g/mol. The number of aromatic nitrogens is 3. The molecule has 0 saturated carbocycles. The van der Waals surface area contributed by atoms with E-state index in [1.807, 2.05) is 103 Å². The second-order valence-corrected chi connectivity index (χ2v) is 8.46. The molecule has 1 fully saturated rings. The molecular formula is C30H22N4O2. The maximum absolute atomic E-state index is 13.1. The molecule has 1 amide bonds. The summed E-state index contributed by atoms with van der Waals surface area (Å²) in [7, 11) is 0. The Labute approximate surface area is 208 Å². The van der Waals surface area contributed by atoms with Gasteiger partial charge in [0.2, 0.25) is 0 Å². The van der Waals surface area contributed by atoms with Crippen LogP contribution in [0.15, 0.2) is 109 Å². The first-order chi connectivity index (χ1) is 17.8. The van der Waals surface area contributed by atoms with E-state index in [0.29, 0.717) is 17.2 Å². The molecule has 5 aromatic rings. The van der Waals surface area contributed by atoms with E-state index >= 15 is 0 Å². The van der Waals surface area contributed by atoms with Gasteiger partial charge in [0, 0.05) is 28.9 Å². The average Bonchev–Trinajstić information content (AvgIpc) is 3.33. The van der Waals surface area contributed by atoms with Crippen molar-refractivity contribution in [1.82, 2.24) is 19.9 Å². The van der Waals surface area contributed by atoms with Gasteiger partial charge in [0.15, 0.2) is 5.82 Å². The van der Waals surface area contributed by atoms with Gasteiger partial charge in [0.05, 0.1) is 22.9 Å². The van der Waals surface area contributed by atoms with E-state index in [0.717, 1.165) is 27.6 Å². The fourth-order valence-electron chi connectivity index (χ4n) is 4.47. The summed E-state index contributed by atoms with van der Waals surface area (Å²) in [6, 6.07) is 31.2. The van der Waals surface area contributed by atoms with Crippen LogP contribution in [-0.2, 0) is 4.74 Å². The minimum atomic E-state index is -0.402. The molecule has 0 aliphatic carbocycles. The molecule has 0 spiro atoms. The van der Waals surface area contributed by atoms with Crippen molar-refractivity contribution in [3.63, 3.8) is 0 Å². The second kappa shape index (κ2) is 9.43. The lowest BCUT2D eigenvalue weighted by Crippen LogP contribution is -2.26. The fourth-order valence-corrected chi connectivity index (χ4v) is 4.47. The number of carbonyl (C=O) groups is 1. The number of rotatable bonds is 5. The quantitative estimate of drug-likeness (QED) is 0.298. The smallest absolute Gasteiger partial charge is 0.415 e. The first-order valence-electron chi connectivity index (χ1n) is 11.7. The number of amides is 1. The number of fused-ring (bicyclic) bond motifs is 1. The van der Waals surface area contributed by atoms with Crippen molar-refractivity contribution in [1.29, 1.82) is 0 Å². The molecule has 0 bridgehead atoms. The molecule has 1 aliphatic heterocycles. The van der Waals surface area contributed by atoms with Gasteiger partial charge in [-0.15, -0.1) is 0 Å². The van der Waals surface area contributed by atoms with Crippen LogP contribution < -0.4 is 0 Å². The van der Waals surface area contributed by atoms with Crippen molar-refractivity contribution in [2.24, 2.45) is 0 Å². The normalized spacial score (nSPS) is 15.8. The summed E-state index contributed by atoms with van der Waals surface area (Å²) in [6.07, 6.45) is 5.00. The number of hydrogen-bond donors (Lipinski definition) is 0. The number of hydrogen-bond acceptors (Lipinski definition) is 5. The summed E-state index contributed by atoms with van der Waals surface area (Å²) < 4.78 is 5.55. The van der Waals surface area contributed by atoms with Gasteiger partial charge in [0.25, 0.3) is 0 Å². The number of cyclic esters (lactones) is 1. The van der Waals surface area contributed by atoms with Crippen LogP contribution >= 0.6 is 0 Å². The molecule has 174 valence electrons. The molecule has 1 atom stereocenters. The monoisotopic (exact) mass is 470 g/mol. The number of pyridine rings is 1. The van der Waals surface area contributed by atoms with Crippen molar-refractivity contribution in [3.8, 4) is 11.4 Å². The molecule has 1 aliphatic rings. The highest BCUT2D eigenvalue weighted by atomic mass is 16.6.